The van der Waals surface area contributed by atoms with E-state index in [1.807, 2.05) is 6.92 Å². The monoisotopic (exact) mass is 343 g/mol. The summed E-state index contributed by atoms with van der Waals surface area (Å²) in [5.74, 6) is -0.0303. The molecule has 0 spiro atoms. The van der Waals surface area contributed by atoms with Crippen LogP contribution < -0.4 is 5.73 Å². The number of carbonyl (C=O) groups is 1. The molecule has 0 amide bonds. The van der Waals surface area contributed by atoms with Crippen molar-refractivity contribution in [2.24, 2.45) is 11.7 Å². The summed E-state index contributed by atoms with van der Waals surface area (Å²) in [7, 11) is 0. The van der Waals surface area contributed by atoms with E-state index < -0.39 is 18.1 Å². The first-order chi connectivity index (χ1) is 11.5. The minimum atomic E-state index is -0.758. The Morgan fingerprint density at radius 3 is 2.58 bits per heavy atom. The Morgan fingerprint density at radius 1 is 1.21 bits per heavy atom. The van der Waals surface area contributed by atoms with E-state index in [9.17, 15) is 4.79 Å². The fourth-order valence-electron chi connectivity index (χ4n) is 3.19. The molecule has 1 aliphatic heterocycles. The summed E-state index contributed by atoms with van der Waals surface area (Å²) in [5, 5.41) is 0. The number of hydrogen-bond acceptors (Lipinski definition) is 6. The van der Waals surface area contributed by atoms with E-state index in [4.69, 9.17) is 24.7 Å². The molecule has 1 aliphatic carbocycles. The van der Waals surface area contributed by atoms with Crippen LogP contribution in [-0.2, 0) is 23.7 Å². The molecule has 24 heavy (non-hydrogen) atoms. The predicted molar refractivity (Wildman–Crippen MR) is 90.7 cm³/mol. The second kappa shape index (κ2) is 9.70. The molecule has 6 nitrogen and oxygen atoms in total. The quantitative estimate of drug-likeness (QED) is 0.770. The average molecular weight is 343 g/mol. The lowest BCUT2D eigenvalue weighted by Gasteiger charge is -2.35. The number of cyclic esters (lactones) is 1. The van der Waals surface area contributed by atoms with Gasteiger partial charge in [0, 0.05) is 6.61 Å². The number of rotatable bonds is 5. The van der Waals surface area contributed by atoms with E-state index in [2.05, 4.69) is 13.8 Å². The van der Waals surface area contributed by atoms with Crippen molar-refractivity contribution in [3.8, 4) is 0 Å². The average Bonchev–Trinajstić information content (AvgIpc) is 2.60. The van der Waals surface area contributed by atoms with Crippen molar-refractivity contribution < 1.29 is 23.7 Å². The third-order valence-electron chi connectivity index (χ3n) is 4.56. The Balaban J connectivity index is 2.08. The molecular formula is C18H33NO5. The molecule has 0 aromatic rings. The fourth-order valence-corrected chi connectivity index (χ4v) is 3.19. The Morgan fingerprint density at radius 2 is 1.92 bits per heavy atom. The summed E-state index contributed by atoms with van der Waals surface area (Å²) in [5.41, 5.74) is 5.80. The minimum Gasteiger partial charge on any atom is -0.459 e. The highest BCUT2D eigenvalue weighted by Crippen LogP contribution is 2.25. The first-order valence-electron chi connectivity index (χ1n) is 9.28. The largest absolute Gasteiger partial charge is 0.459 e. The van der Waals surface area contributed by atoms with Gasteiger partial charge in [-0.15, -0.1) is 0 Å². The van der Waals surface area contributed by atoms with Crippen LogP contribution in [0, 0.1) is 5.92 Å². The van der Waals surface area contributed by atoms with Gasteiger partial charge in [-0.2, -0.15) is 0 Å². The summed E-state index contributed by atoms with van der Waals surface area (Å²) < 4.78 is 23.5. The number of carbonyl (C=O) groups excluding carboxylic acids is 1. The topological polar surface area (TPSA) is 80.0 Å². The Hall–Kier alpha value is -0.690. The normalized spacial score (nSPS) is 33.6. The number of esters is 1. The molecule has 2 rings (SSSR count). The van der Waals surface area contributed by atoms with Crippen LogP contribution in [0.5, 0.6) is 0 Å². The van der Waals surface area contributed by atoms with Gasteiger partial charge >= 0.3 is 5.97 Å². The van der Waals surface area contributed by atoms with Crippen molar-refractivity contribution in [1.29, 1.82) is 0 Å². The zero-order chi connectivity index (χ0) is 17.5. The molecule has 1 saturated carbocycles. The lowest BCUT2D eigenvalue weighted by atomic mass is 9.97. The van der Waals surface area contributed by atoms with Crippen molar-refractivity contribution >= 4 is 5.97 Å². The maximum atomic E-state index is 12.0. The number of hydrogen-bond donors (Lipinski definition) is 1. The molecule has 0 aromatic heterocycles. The summed E-state index contributed by atoms with van der Waals surface area (Å²) >= 11 is 0. The molecule has 2 N–H and O–H groups in total. The lowest BCUT2D eigenvalue weighted by molar-refractivity contribution is -0.180. The Bertz CT molecular complexity index is 384. The van der Waals surface area contributed by atoms with Gasteiger partial charge in [0.2, 0.25) is 0 Å². The molecule has 1 saturated heterocycles. The summed E-state index contributed by atoms with van der Waals surface area (Å²) in [6, 6.07) is -0.758. The molecule has 2 fully saturated rings. The van der Waals surface area contributed by atoms with Crippen LogP contribution in [0.3, 0.4) is 0 Å². The zero-order valence-electron chi connectivity index (χ0n) is 15.2. The first-order valence-corrected chi connectivity index (χ1v) is 9.28. The highest BCUT2D eigenvalue weighted by atomic mass is 16.6. The van der Waals surface area contributed by atoms with E-state index in [1.165, 1.54) is 19.3 Å². The number of ether oxygens (including phenoxy) is 4. The van der Waals surface area contributed by atoms with E-state index in [-0.39, 0.29) is 24.9 Å². The lowest BCUT2D eigenvalue weighted by Crippen LogP contribution is -2.47. The standard InChI is InChI=1S/C18H33NO5/c1-12(2)9-22-16-11-21-10-15(19)18(20)23-13(3)17(16)24-14-7-5-4-6-8-14/h12-17H,4-11,19H2,1-3H3/t13-,15-,16-,17-/m0/s1. The van der Waals surface area contributed by atoms with E-state index in [1.54, 1.807) is 0 Å². The van der Waals surface area contributed by atoms with Gasteiger partial charge in [-0.3, -0.25) is 4.79 Å². The smallest absolute Gasteiger partial charge is 0.325 e. The second-order valence-electron chi connectivity index (χ2n) is 7.41. The van der Waals surface area contributed by atoms with Crippen LogP contribution in [0.4, 0.5) is 0 Å². The van der Waals surface area contributed by atoms with E-state index in [0.717, 1.165) is 12.8 Å². The van der Waals surface area contributed by atoms with Crippen LogP contribution in [0.25, 0.3) is 0 Å². The molecule has 2 aliphatic rings. The number of nitrogens with two attached hydrogens (primary N) is 1. The molecule has 0 unspecified atom stereocenters. The molecule has 0 aromatic carbocycles. The third kappa shape index (κ3) is 5.99. The van der Waals surface area contributed by atoms with Crippen molar-refractivity contribution in [1.82, 2.24) is 0 Å². The van der Waals surface area contributed by atoms with Gasteiger partial charge < -0.3 is 24.7 Å². The van der Waals surface area contributed by atoms with Crippen LogP contribution in [0.15, 0.2) is 0 Å². The van der Waals surface area contributed by atoms with Gasteiger partial charge in [-0.1, -0.05) is 33.1 Å². The van der Waals surface area contributed by atoms with Gasteiger partial charge in [-0.05, 0) is 25.7 Å². The van der Waals surface area contributed by atoms with E-state index in [0.29, 0.717) is 19.1 Å². The highest BCUT2D eigenvalue weighted by Gasteiger charge is 2.36. The molecular weight excluding hydrogens is 310 g/mol. The van der Waals surface area contributed by atoms with Crippen LogP contribution in [0.1, 0.15) is 52.9 Å². The summed E-state index contributed by atoms with van der Waals surface area (Å²) in [6.07, 6.45) is 4.93. The molecule has 0 bridgehead atoms. The van der Waals surface area contributed by atoms with Crippen molar-refractivity contribution in [2.45, 2.75) is 83.3 Å². The zero-order valence-corrected chi connectivity index (χ0v) is 15.2. The highest BCUT2D eigenvalue weighted by molar-refractivity contribution is 5.75. The Kier molecular flexibility index (Phi) is 7.94. The van der Waals surface area contributed by atoms with Crippen LogP contribution in [0.2, 0.25) is 0 Å². The molecule has 1 heterocycles. The third-order valence-corrected chi connectivity index (χ3v) is 4.56. The van der Waals surface area contributed by atoms with Gasteiger partial charge in [0.1, 0.15) is 24.4 Å². The summed E-state index contributed by atoms with van der Waals surface area (Å²) in [4.78, 5) is 12.0. The van der Waals surface area contributed by atoms with Crippen LogP contribution in [-0.4, -0.2) is 56.2 Å². The SMILES string of the molecule is CC(C)CO[C@H]1COC[C@H](N)C(=O)O[C@@H](C)[C@@H]1OC1CCCCC1. The Labute approximate surface area is 145 Å². The van der Waals surface area contributed by atoms with Crippen molar-refractivity contribution in [3.63, 3.8) is 0 Å². The second-order valence-corrected chi connectivity index (χ2v) is 7.41. The van der Waals surface area contributed by atoms with Crippen LogP contribution >= 0.6 is 0 Å². The van der Waals surface area contributed by atoms with Crippen molar-refractivity contribution in [2.75, 3.05) is 19.8 Å². The molecule has 6 heteroatoms. The van der Waals surface area contributed by atoms with Gasteiger partial charge in [0.15, 0.2) is 0 Å². The maximum Gasteiger partial charge on any atom is 0.325 e. The van der Waals surface area contributed by atoms with E-state index >= 15 is 0 Å². The summed E-state index contributed by atoms with van der Waals surface area (Å²) in [6.45, 7) is 7.18. The first kappa shape index (κ1) is 19.6. The van der Waals surface area contributed by atoms with Gasteiger partial charge in [-0.25, -0.2) is 0 Å². The fraction of sp³-hybridized carbons (Fsp3) is 0.944. The predicted octanol–water partition coefficient (Wildman–Crippen LogP) is 2.03. The maximum absolute atomic E-state index is 12.0. The molecule has 140 valence electrons. The molecule has 4 atom stereocenters. The van der Waals surface area contributed by atoms with Crippen molar-refractivity contribution in [3.05, 3.63) is 0 Å². The van der Waals surface area contributed by atoms with Gasteiger partial charge in [0.25, 0.3) is 0 Å². The minimum absolute atomic E-state index is 0.142. The van der Waals surface area contributed by atoms with Gasteiger partial charge in [0.05, 0.1) is 19.3 Å². The molecule has 0 radical (unpaired) electrons.